The summed E-state index contributed by atoms with van der Waals surface area (Å²) in [5, 5.41) is 0. The lowest BCUT2D eigenvalue weighted by molar-refractivity contribution is 0.00578. The van der Waals surface area contributed by atoms with Crippen molar-refractivity contribution in [2.24, 2.45) is 0 Å². The minimum Gasteiger partial charge on any atom is -0.399 e. The fourth-order valence-corrected chi connectivity index (χ4v) is 2.50. The Morgan fingerprint density at radius 1 is 0.913 bits per heavy atom. The molecule has 1 fully saturated rings. The van der Waals surface area contributed by atoms with Gasteiger partial charge in [-0.1, -0.05) is 6.07 Å². The van der Waals surface area contributed by atoms with Crippen LogP contribution in [0.1, 0.15) is 27.7 Å². The summed E-state index contributed by atoms with van der Waals surface area (Å²) in [4.78, 5) is 3.87. The molecule has 3 nitrogen and oxygen atoms in total. The molecule has 0 aliphatic carbocycles. The Bertz CT molecular complexity index is 719. The fraction of sp³-hybridized carbons (Fsp3) is 0.353. The minimum atomic E-state index is -0.874. The Kier molecular flexibility index (Phi) is 3.77. The number of halogens is 2. The first kappa shape index (κ1) is 16.1. The van der Waals surface area contributed by atoms with Crippen LogP contribution in [0.5, 0.6) is 0 Å². The number of hydrogen-bond acceptors (Lipinski definition) is 3. The van der Waals surface area contributed by atoms with E-state index in [9.17, 15) is 8.78 Å². The van der Waals surface area contributed by atoms with Gasteiger partial charge in [0.2, 0.25) is 0 Å². The normalized spacial score (nSPS) is 19.1. The molecule has 0 atom stereocenters. The van der Waals surface area contributed by atoms with Crippen molar-refractivity contribution in [3.8, 4) is 11.1 Å². The molecule has 6 heteroatoms. The van der Waals surface area contributed by atoms with Crippen molar-refractivity contribution in [2.45, 2.75) is 38.9 Å². The van der Waals surface area contributed by atoms with Crippen LogP contribution in [0, 0.1) is 11.6 Å². The van der Waals surface area contributed by atoms with Crippen molar-refractivity contribution in [1.29, 1.82) is 0 Å². The monoisotopic (exact) mass is 317 g/mol. The molecule has 1 saturated heterocycles. The summed E-state index contributed by atoms with van der Waals surface area (Å²) in [5.74, 6) is -1.30. The maximum atomic E-state index is 15.0. The third kappa shape index (κ3) is 2.66. The maximum Gasteiger partial charge on any atom is 0.497 e. The lowest BCUT2D eigenvalue weighted by Gasteiger charge is -2.32. The predicted molar refractivity (Wildman–Crippen MR) is 85.3 cm³/mol. The molecule has 23 heavy (non-hydrogen) atoms. The Morgan fingerprint density at radius 2 is 1.48 bits per heavy atom. The molecular weight excluding hydrogens is 299 g/mol. The van der Waals surface area contributed by atoms with Crippen LogP contribution < -0.4 is 5.46 Å². The largest absolute Gasteiger partial charge is 0.497 e. The van der Waals surface area contributed by atoms with E-state index >= 15 is 0 Å². The molecule has 2 heterocycles. The highest BCUT2D eigenvalue weighted by atomic mass is 19.1. The predicted octanol–water partition coefficient (Wildman–Crippen LogP) is 3.33. The van der Waals surface area contributed by atoms with Crippen molar-refractivity contribution >= 4 is 12.6 Å². The zero-order chi connectivity index (χ0) is 16.8. The van der Waals surface area contributed by atoms with Crippen molar-refractivity contribution in [1.82, 2.24) is 4.98 Å². The molecule has 0 unspecified atom stereocenters. The molecule has 0 spiro atoms. The average Bonchev–Trinajstić information content (AvgIpc) is 2.68. The molecule has 120 valence electrons. The van der Waals surface area contributed by atoms with Crippen LogP contribution in [0.3, 0.4) is 0 Å². The van der Waals surface area contributed by atoms with Gasteiger partial charge in [0.15, 0.2) is 0 Å². The van der Waals surface area contributed by atoms with Crippen LogP contribution in [-0.2, 0) is 9.31 Å². The molecule has 1 aromatic heterocycles. The van der Waals surface area contributed by atoms with Gasteiger partial charge in [0.05, 0.1) is 16.8 Å². The molecule has 1 aliphatic heterocycles. The summed E-state index contributed by atoms with van der Waals surface area (Å²) < 4.78 is 40.8. The Hall–Kier alpha value is -1.79. The highest BCUT2D eigenvalue weighted by Crippen LogP contribution is 2.37. The topological polar surface area (TPSA) is 31.4 Å². The lowest BCUT2D eigenvalue weighted by Crippen LogP contribution is -2.41. The molecular formula is C17H18BF2NO2. The third-order valence-corrected chi connectivity index (χ3v) is 4.60. The van der Waals surface area contributed by atoms with Gasteiger partial charge in [0.1, 0.15) is 11.6 Å². The van der Waals surface area contributed by atoms with Gasteiger partial charge in [0.25, 0.3) is 0 Å². The maximum absolute atomic E-state index is 15.0. The van der Waals surface area contributed by atoms with E-state index in [0.717, 1.165) is 0 Å². The molecule has 0 bridgehead atoms. The zero-order valence-corrected chi connectivity index (χ0v) is 13.6. The summed E-state index contributed by atoms with van der Waals surface area (Å²) in [5.41, 5.74) is -0.658. The van der Waals surface area contributed by atoms with Crippen molar-refractivity contribution < 1.29 is 18.1 Å². The number of nitrogens with zero attached hydrogens (tertiary/aromatic N) is 1. The van der Waals surface area contributed by atoms with E-state index in [1.807, 2.05) is 27.7 Å². The Balaban J connectivity index is 2.07. The minimum absolute atomic E-state index is 0.0976. The first-order valence-corrected chi connectivity index (χ1v) is 7.47. The quantitative estimate of drug-likeness (QED) is 0.796. The highest BCUT2D eigenvalue weighted by Gasteiger charge is 2.52. The van der Waals surface area contributed by atoms with E-state index in [1.165, 1.54) is 24.5 Å². The second-order valence-electron chi connectivity index (χ2n) is 6.65. The Labute approximate surface area is 134 Å². The second-order valence-corrected chi connectivity index (χ2v) is 6.65. The summed E-state index contributed by atoms with van der Waals surface area (Å²) >= 11 is 0. The second kappa shape index (κ2) is 5.39. The van der Waals surface area contributed by atoms with Crippen LogP contribution in [0.2, 0.25) is 0 Å². The van der Waals surface area contributed by atoms with Crippen LogP contribution in [0.4, 0.5) is 8.78 Å². The first-order chi connectivity index (χ1) is 10.7. The summed E-state index contributed by atoms with van der Waals surface area (Å²) in [6.45, 7) is 7.55. The third-order valence-electron chi connectivity index (χ3n) is 4.60. The molecule has 1 aliphatic rings. The smallest absolute Gasteiger partial charge is 0.399 e. The number of hydrogen-bond donors (Lipinski definition) is 0. The van der Waals surface area contributed by atoms with Crippen molar-refractivity contribution in [3.05, 3.63) is 48.3 Å². The van der Waals surface area contributed by atoms with E-state index in [2.05, 4.69) is 4.98 Å². The van der Waals surface area contributed by atoms with Gasteiger partial charge >= 0.3 is 7.12 Å². The van der Waals surface area contributed by atoms with Gasteiger partial charge in [0, 0.05) is 17.9 Å². The molecule has 0 radical (unpaired) electrons. The SMILES string of the molecule is CC1(C)OB(c2ccc(F)c(-c3ccncc3)c2F)OC1(C)C. The van der Waals surface area contributed by atoms with Crippen LogP contribution in [0.15, 0.2) is 36.7 Å². The fourth-order valence-electron chi connectivity index (χ4n) is 2.50. The van der Waals surface area contributed by atoms with E-state index in [1.54, 1.807) is 12.1 Å². The average molecular weight is 317 g/mol. The number of rotatable bonds is 2. The molecule has 1 aromatic carbocycles. The highest BCUT2D eigenvalue weighted by molar-refractivity contribution is 6.62. The number of pyridine rings is 1. The van der Waals surface area contributed by atoms with Gasteiger partial charge in [-0.15, -0.1) is 0 Å². The molecule has 2 aromatic rings. The van der Waals surface area contributed by atoms with E-state index < -0.39 is 30.0 Å². The van der Waals surface area contributed by atoms with Gasteiger partial charge in [-0.05, 0) is 51.5 Å². The molecule has 0 N–H and O–H groups in total. The Morgan fingerprint density at radius 3 is 2.04 bits per heavy atom. The van der Waals surface area contributed by atoms with E-state index in [-0.39, 0.29) is 11.0 Å². The van der Waals surface area contributed by atoms with Gasteiger partial charge in [-0.3, -0.25) is 4.98 Å². The van der Waals surface area contributed by atoms with Crippen LogP contribution in [-0.4, -0.2) is 23.3 Å². The zero-order valence-electron chi connectivity index (χ0n) is 13.6. The van der Waals surface area contributed by atoms with E-state index in [0.29, 0.717) is 5.56 Å². The summed E-state index contributed by atoms with van der Waals surface area (Å²) in [6, 6.07) is 5.74. The number of benzene rings is 1. The van der Waals surface area contributed by atoms with Gasteiger partial charge < -0.3 is 9.31 Å². The van der Waals surface area contributed by atoms with Crippen molar-refractivity contribution in [2.75, 3.05) is 0 Å². The summed E-state index contributed by atoms with van der Waals surface area (Å²) in [6.07, 6.45) is 2.99. The van der Waals surface area contributed by atoms with Crippen LogP contribution >= 0.6 is 0 Å². The van der Waals surface area contributed by atoms with E-state index in [4.69, 9.17) is 9.31 Å². The lowest BCUT2D eigenvalue weighted by atomic mass is 9.77. The van der Waals surface area contributed by atoms with Gasteiger partial charge in [-0.2, -0.15) is 0 Å². The molecule has 0 amide bonds. The van der Waals surface area contributed by atoms with Crippen LogP contribution in [0.25, 0.3) is 11.1 Å². The molecule has 0 saturated carbocycles. The molecule has 3 rings (SSSR count). The van der Waals surface area contributed by atoms with Gasteiger partial charge in [-0.25, -0.2) is 8.78 Å². The van der Waals surface area contributed by atoms with Crippen molar-refractivity contribution in [3.63, 3.8) is 0 Å². The summed E-state index contributed by atoms with van der Waals surface area (Å²) in [7, 11) is -0.874. The number of aromatic nitrogens is 1. The first-order valence-electron chi connectivity index (χ1n) is 7.47. The standard InChI is InChI=1S/C17H18BF2NO2/c1-16(2)17(3,4)23-18(22-16)12-5-6-13(19)14(15(12)20)11-7-9-21-10-8-11/h5-10H,1-4H3.